The molecule has 0 saturated heterocycles. The summed E-state index contributed by atoms with van der Waals surface area (Å²) in [4.78, 5) is 30.9. The number of anilines is 1. The van der Waals surface area contributed by atoms with Crippen LogP contribution in [0.3, 0.4) is 0 Å². The highest BCUT2D eigenvalue weighted by molar-refractivity contribution is 6.30. The molecule has 9 heteroatoms. The molecule has 0 atom stereocenters. The third-order valence-electron chi connectivity index (χ3n) is 4.02. The Morgan fingerprint density at radius 3 is 2.59 bits per heavy atom. The summed E-state index contributed by atoms with van der Waals surface area (Å²) in [5, 5.41) is 4.99. The highest BCUT2D eigenvalue weighted by atomic mass is 35.5. The van der Waals surface area contributed by atoms with E-state index in [1.807, 2.05) is 26.0 Å². The Bertz CT molecular complexity index is 1170. The average Bonchev–Trinajstić information content (AvgIpc) is 2.96. The number of hydrogen-bond donors (Lipinski definition) is 2. The zero-order valence-electron chi connectivity index (χ0n) is 15.2. The van der Waals surface area contributed by atoms with Gasteiger partial charge in [0.05, 0.1) is 5.71 Å². The first-order valence-electron chi connectivity index (χ1n) is 8.18. The van der Waals surface area contributed by atoms with Crippen molar-refractivity contribution in [2.24, 2.45) is 12.1 Å². The first-order valence-corrected chi connectivity index (χ1v) is 8.56. The maximum absolute atomic E-state index is 12.3. The molecule has 1 aromatic carbocycles. The van der Waals surface area contributed by atoms with Gasteiger partial charge in [-0.1, -0.05) is 35.9 Å². The van der Waals surface area contributed by atoms with E-state index in [9.17, 15) is 9.59 Å². The zero-order valence-corrected chi connectivity index (χ0v) is 16.0. The van der Waals surface area contributed by atoms with Crippen LogP contribution in [0.5, 0.6) is 0 Å². The van der Waals surface area contributed by atoms with E-state index in [0.717, 1.165) is 11.1 Å². The first-order chi connectivity index (χ1) is 12.8. The molecule has 2 aromatic heterocycles. The second-order valence-corrected chi connectivity index (χ2v) is 6.72. The Balaban J connectivity index is 2.09. The van der Waals surface area contributed by atoms with E-state index in [0.29, 0.717) is 23.2 Å². The van der Waals surface area contributed by atoms with Gasteiger partial charge in [0.1, 0.15) is 0 Å². The largest absolute Gasteiger partial charge is 0.329 e. The quantitative estimate of drug-likeness (QED) is 0.400. The number of aromatic amines is 1. The van der Waals surface area contributed by atoms with Crippen molar-refractivity contribution in [2.45, 2.75) is 20.4 Å². The Morgan fingerprint density at radius 2 is 1.96 bits per heavy atom. The highest BCUT2D eigenvalue weighted by Gasteiger charge is 2.17. The predicted octanol–water partition coefficient (Wildman–Crippen LogP) is 2.49. The maximum Gasteiger partial charge on any atom is 0.329 e. The van der Waals surface area contributed by atoms with Gasteiger partial charge in [-0.05, 0) is 31.5 Å². The molecule has 0 bridgehead atoms. The van der Waals surface area contributed by atoms with Gasteiger partial charge in [-0.25, -0.2) is 10.2 Å². The van der Waals surface area contributed by atoms with Crippen molar-refractivity contribution < 1.29 is 0 Å². The molecule has 0 radical (unpaired) electrons. The van der Waals surface area contributed by atoms with Crippen molar-refractivity contribution in [1.82, 2.24) is 19.1 Å². The van der Waals surface area contributed by atoms with Crippen molar-refractivity contribution in [3.63, 3.8) is 0 Å². The van der Waals surface area contributed by atoms with Crippen molar-refractivity contribution in [1.29, 1.82) is 0 Å². The molecule has 3 rings (SSSR count). The zero-order chi connectivity index (χ0) is 19.7. The second kappa shape index (κ2) is 7.24. The standard InChI is InChI=1S/C18H19ClN6O2/c1-10(2)9-25-14-15(24(4)18(27)21-16(14)26)20-17(25)23-22-11(3)12-5-7-13(19)8-6-12/h5-8H,1,9H2,2-4H3,(H,20,23)(H,21,26,27)/b22-11+. The molecule has 140 valence electrons. The van der Waals surface area contributed by atoms with Gasteiger partial charge in [0.15, 0.2) is 11.2 Å². The lowest BCUT2D eigenvalue weighted by molar-refractivity contribution is 0.799. The van der Waals surface area contributed by atoms with Gasteiger partial charge >= 0.3 is 5.69 Å². The summed E-state index contributed by atoms with van der Waals surface area (Å²) in [5.41, 5.74) is 4.83. The van der Waals surface area contributed by atoms with Crippen LogP contribution < -0.4 is 16.7 Å². The molecule has 8 nitrogen and oxygen atoms in total. The predicted molar refractivity (Wildman–Crippen MR) is 108 cm³/mol. The molecular formula is C18H19ClN6O2. The third kappa shape index (κ3) is 3.70. The topological polar surface area (TPSA) is 97.1 Å². The monoisotopic (exact) mass is 386 g/mol. The smallest absolute Gasteiger partial charge is 0.299 e. The van der Waals surface area contributed by atoms with E-state index in [2.05, 4.69) is 27.1 Å². The van der Waals surface area contributed by atoms with E-state index >= 15 is 0 Å². The molecule has 0 aliphatic rings. The lowest BCUT2D eigenvalue weighted by atomic mass is 10.1. The molecule has 2 N–H and O–H groups in total. The molecule has 2 heterocycles. The van der Waals surface area contributed by atoms with Crippen molar-refractivity contribution >= 4 is 34.4 Å². The number of rotatable bonds is 5. The minimum absolute atomic E-state index is 0.270. The first kappa shape index (κ1) is 18.7. The fourth-order valence-electron chi connectivity index (χ4n) is 2.63. The maximum atomic E-state index is 12.3. The van der Waals surface area contributed by atoms with Crippen molar-refractivity contribution in [3.05, 3.63) is 67.8 Å². The summed E-state index contributed by atoms with van der Waals surface area (Å²) >= 11 is 5.91. The van der Waals surface area contributed by atoms with Gasteiger partial charge in [-0.3, -0.25) is 18.9 Å². The molecular weight excluding hydrogens is 368 g/mol. The summed E-state index contributed by atoms with van der Waals surface area (Å²) < 4.78 is 2.93. The Kier molecular flexibility index (Phi) is 5.00. The number of benzene rings is 1. The number of hydrogen-bond acceptors (Lipinski definition) is 5. The minimum Gasteiger partial charge on any atom is -0.299 e. The molecule has 0 saturated carbocycles. The number of aromatic nitrogens is 4. The number of aryl methyl sites for hydroxylation is 1. The number of H-pyrrole nitrogens is 1. The van der Waals surface area contributed by atoms with Gasteiger partial charge in [-0.15, -0.1) is 0 Å². The fourth-order valence-corrected chi connectivity index (χ4v) is 2.76. The van der Waals surface area contributed by atoms with E-state index in [1.54, 1.807) is 23.7 Å². The van der Waals surface area contributed by atoms with Gasteiger partial charge in [-0.2, -0.15) is 10.1 Å². The fraction of sp³-hybridized carbons (Fsp3) is 0.222. The third-order valence-corrected chi connectivity index (χ3v) is 4.27. The average molecular weight is 387 g/mol. The van der Waals surface area contributed by atoms with Crippen LogP contribution in [-0.4, -0.2) is 24.8 Å². The number of imidazole rings is 1. The Morgan fingerprint density at radius 1 is 1.30 bits per heavy atom. The molecule has 0 spiro atoms. The van der Waals surface area contributed by atoms with Crippen LogP contribution in [0.2, 0.25) is 5.02 Å². The summed E-state index contributed by atoms with van der Waals surface area (Å²) in [6.07, 6.45) is 0. The summed E-state index contributed by atoms with van der Waals surface area (Å²) in [7, 11) is 1.55. The molecule has 0 amide bonds. The summed E-state index contributed by atoms with van der Waals surface area (Å²) in [6.45, 7) is 7.93. The molecule has 0 unspecified atom stereocenters. The van der Waals surface area contributed by atoms with E-state index in [-0.39, 0.29) is 11.2 Å². The number of nitrogens with one attached hydrogen (secondary N) is 2. The van der Waals surface area contributed by atoms with Gasteiger partial charge in [0, 0.05) is 18.6 Å². The molecule has 0 aliphatic heterocycles. The van der Waals surface area contributed by atoms with Crippen LogP contribution in [-0.2, 0) is 13.6 Å². The van der Waals surface area contributed by atoms with Gasteiger partial charge in [0.2, 0.25) is 5.95 Å². The van der Waals surface area contributed by atoms with Crippen LogP contribution in [0.15, 0.2) is 51.1 Å². The van der Waals surface area contributed by atoms with Crippen LogP contribution >= 0.6 is 11.6 Å². The molecule has 0 fully saturated rings. The summed E-state index contributed by atoms with van der Waals surface area (Å²) in [6, 6.07) is 7.27. The Hall–Kier alpha value is -3.13. The summed E-state index contributed by atoms with van der Waals surface area (Å²) in [5.74, 6) is 0.341. The number of halogens is 1. The van der Waals surface area contributed by atoms with Crippen LogP contribution in [0.1, 0.15) is 19.4 Å². The lowest BCUT2D eigenvalue weighted by Gasteiger charge is -2.08. The Labute approximate surface area is 159 Å². The molecule has 0 aliphatic carbocycles. The minimum atomic E-state index is -0.528. The second-order valence-electron chi connectivity index (χ2n) is 6.29. The van der Waals surface area contributed by atoms with Crippen molar-refractivity contribution in [2.75, 3.05) is 5.43 Å². The highest BCUT2D eigenvalue weighted by Crippen LogP contribution is 2.17. The number of nitrogens with zero attached hydrogens (tertiary/aromatic N) is 4. The molecule has 27 heavy (non-hydrogen) atoms. The van der Waals surface area contributed by atoms with Crippen LogP contribution in [0.25, 0.3) is 11.2 Å². The molecule has 3 aromatic rings. The number of fused-ring (bicyclic) bond motifs is 1. The lowest BCUT2D eigenvalue weighted by Crippen LogP contribution is -2.29. The normalized spacial score (nSPS) is 11.8. The van der Waals surface area contributed by atoms with Crippen molar-refractivity contribution in [3.8, 4) is 0 Å². The van der Waals surface area contributed by atoms with Gasteiger partial charge in [0.25, 0.3) is 5.56 Å². The van der Waals surface area contributed by atoms with Gasteiger partial charge < -0.3 is 0 Å². The van der Waals surface area contributed by atoms with Crippen LogP contribution in [0, 0.1) is 0 Å². The number of allylic oxidation sites excluding steroid dienone is 1. The van der Waals surface area contributed by atoms with Crippen LogP contribution in [0.4, 0.5) is 5.95 Å². The SMILES string of the molecule is C=C(C)Cn1c(N/N=C(\C)c2ccc(Cl)cc2)nc2c1c(=O)[nH]c(=O)n2C. The van der Waals surface area contributed by atoms with E-state index < -0.39 is 11.2 Å². The number of hydrazone groups is 1. The van der Waals surface area contributed by atoms with E-state index in [4.69, 9.17) is 11.6 Å². The van der Waals surface area contributed by atoms with E-state index in [1.165, 1.54) is 4.57 Å².